The average molecular weight is 307 g/mol. The summed E-state index contributed by atoms with van der Waals surface area (Å²) in [6.07, 6.45) is 1.74. The van der Waals surface area contributed by atoms with Crippen molar-refractivity contribution in [2.75, 3.05) is 13.2 Å². The van der Waals surface area contributed by atoms with E-state index in [2.05, 4.69) is 12.6 Å². The van der Waals surface area contributed by atoms with E-state index in [1.807, 2.05) is 42.5 Å². The van der Waals surface area contributed by atoms with E-state index in [1.165, 1.54) is 0 Å². The first kappa shape index (κ1) is 16.3. The van der Waals surface area contributed by atoms with Crippen molar-refractivity contribution in [2.45, 2.75) is 6.42 Å². The summed E-state index contributed by atoms with van der Waals surface area (Å²) in [5.41, 5.74) is 2.57. The first-order valence-electron chi connectivity index (χ1n) is 7.25. The lowest BCUT2D eigenvalue weighted by Crippen LogP contribution is -2.06. The molecule has 2 aromatic rings. The average Bonchev–Trinajstić information content (AvgIpc) is 2.61. The van der Waals surface area contributed by atoms with Crippen LogP contribution in [-0.2, 0) is 9.53 Å². The number of esters is 1. The summed E-state index contributed by atoms with van der Waals surface area (Å²) in [4.78, 5) is 10.9. The van der Waals surface area contributed by atoms with Crippen molar-refractivity contribution in [3.05, 3.63) is 66.7 Å². The molecule has 0 aromatic heterocycles. The summed E-state index contributed by atoms with van der Waals surface area (Å²) < 4.78 is 10.5. The molecule has 4 heteroatoms. The van der Waals surface area contributed by atoms with E-state index < -0.39 is 5.97 Å². The van der Waals surface area contributed by atoms with E-state index in [-0.39, 0.29) is 0 Å². The zero-order chi connectivity index (χ0) is 16.5. The van der Waals surface area contributed by atoms with E-state index in [0.29, 0.717) is 25.2 Å². The number of benzene rings is 2. The van der Waals surface area contributed by atoms with Crippen LogP contribution in [0.25, 0.3) is 11.1 Å². The van der Waals surface area contributed by atoms with Gasteiger partial charge in [-0.3, -0.25) is 0 Å². The zero-order valence-corrected chi connectivity index (χ0v) is 12.7. The monoisotopic (exact) mass is 307 g/mol. The highest BCUT2D eigenvalue weighted by Crippen LogP contribution is 2.24. The zero-order valence-electron chi connectivity index (χ0n) is 12.7. The van der Waals surface area contributed by atoms with Crippen LogP contribution in [0, 0.1) is 11.3 Å². The third kappa shape index (κ3) is 5.01. The molecule has 0 spiro atoms. The molecule has 0 radical (unpaired) electrons. The van der Waals surface area contributed by atoms with Gasteiger partial charge in [0.2, 0.25) is 0 Å². The van der Waals surface area contributed by atoms with Crippen LogP contribution in [0.2, 0.25) is 0 Å². The Labute approximate surface area is 135 Å². The second-order valence-electron chi connectivity index (χ2n) is 4.79. The van der Waals surface area contributed by atoms with Crippen LogP contribution in [-0.4, -0.2) is 19.2 Å². The Hall–Kier alpha value is -3.06. The van der Waals surface area contributed by atoms with Gasteiger partial charge in [-0.2, -0.15) is 5.26 Å². The normalized spacial score (nSPS) is 9.70. The van der Waals surface area contributed by atoms with Crippen molar-refractivity contribution < 1.29 is 14.3 Å². The maximum Gasteiger partial charge on any atom is 0.330 e. The number of carbonyl (C=O) groups excluding carboxylic acids is 1. The van der Waals surface area contributed by atoms with Gasteiger partial charge in [-0.1, -0.05) is 30.8 Å². The number of hydrogen-bond donors (Lipinski definition) is 0. The lowest BCUT2D eigenvalue weighted by atomic mass is 10.0. The first-order chi connectivity index (χ1) is 11.2. The Morgan fingerprint density at radius 1 is 1.13 bits per heavy atom. The minimum Gasteiger partial charge on any atom is -0.493 e. The summed E-state index contributed by atoms with van der Waals surface area (Å²) in [6, 6.07) is 17.2. The third-order valence-corrected chi connectivity index (χ3v) is 3.13. The van der Waals surface area contributed by atoms with Gasteiger partial charge >= 0.3 is 5.97 Å². The van der Waals surface area contributed by atoms with Gasteiger partial charge in [0.05, 0.1) is 24.8 Å². The summed E-state index contributed by atoms with van der Waals surface area (Å²) in [6.45, 7) is 4.08. The summed E-state index contributed by atoms with van der Waals surface area (Å²) >= 11 is 0. The van der Waals surface area contributed by atoms with Crippen LogP contribution in [0.1, 0.15) is 12.0 Å². The molecular formula is C19H17NO3. The Morgan fingerprint density at radius 3 is 2.61 bits per heavy atom. The molecule has 2 aromatic carbocycles. The molecule has 116 valence electrons. The van der Waals surface area contributed by atoms with Crippen LogP contribution < -0.4 is 4.74 Å². The summed E-state index contributed by atoms with van der Waals surface area (Å²) in [7, 11) is 0. The number of nitriles is 1. The van der Waals surface area contributed by atoms with Crippen LogP contribution in [0.5, 0.6) is 5.75 Å². The molecule has 2 rings (SSSR count). The smallest absolute Gasteiger partial charge is 0.330 e. The van der Waals surface area contributed by atoms with Crippen LogP contribution in [0.3, 0.4) is 0 Å². The highest BCUT2D eigenvalue weighted by Gasteiger charge is 2.02. The van der Waals surface area contributed by atoms with Gasteiger partial charge in [0, 0.05) is 12.5 Å². The predicted molar refractivity (Wildman–Crippen MR) is 87.9 cm³/mol. The van der Waals surface area contributed by atoms with Crippen molar-refractivity contribution in [1.82, 2.24) is 0 Å². The molecule has 0 N–H and O–H groups in total. The van der Waals surface area contributed by atoms with E-state index in [1.54, 1.807) is 6.07 Å². The van der Waals surface area contributed by atoms with Crippen molar-refractivity contribution in [1.29, 1.82) is 5.26 Å². The molecule has 0 aliphatic heterocycles. The second-order valence-corrected chi connectivity index (χ2v) is 4.79. The predicted octanol–water partition coefficient (Wildman–Crippen LogP) is 3.72. The molecule has 0 fully saturated rings. The molecule has 23 heavy (non-hydrogen) atoms. The second kappa shape index (κ2) is 8.40. The number of hydrogen-bond acceptors (Lipinski definition) is 4. The molecule has 0 heterocycles. The minimum absolute atomic E-state index is 0.300. The largest absolute Gasteiger partial charge is 0.493 e. The van der Waals surface area contributed by atoms with Crippen LogP contribution in [0.15, 0.2) is 61.2 Å². The molecule has 0 unspecified atom stereocenters. The molecule has 0 amide bonds. The minimum atomic E-state index is -0.427. The highest BCUT2D eigenvalue weighted by atomic mass is 16.5. The Morgan fingerprint density at radius 2 is 1.87 bits per heavy atom. The van der Waals surface area contributed by atoms with Gasteiger partial charge in [0.1, 0.15) is 5.75 Å². The van der Waals surface area contributed by atoms with Gasteiger partial charge in [-0.15, -0.1) is 0 Å². The van der Waals surface area contributed by atoms with E-state index in [0.717, 1.165) is 23.0 Å². The molecule has 0 saturated heterocycles. The van der Waals surface area contributed by atoms with Crippen molar-refractivity contribution in [2.24, 2.45) is 0 Å². The Bertz CT molecular complexity index is 731. The molecule has 4 nitrogen and oxygen atoms in total. The number of ether oxygens (including phenoxy) is 2. The maximum absolute atomic E-state index is 10.9. The van der Waals surface area contributed by atoms with Gasteiger partial charge < -0.3 is 9.47 Å². The molecular weight excluding hydrogens is 290 g/mol. The van der Waals surface area contributed by atoms with E-state index in [9.17, 15) is 4.79 Å². The molecule has 0 bridgehead atoms. The van der Waals surface area contributed by atoms with Crippen molar-refractivity contribution >= 4 is 5.97 Å². The maximum atomic E-state index is 10.9. The van der Waals surface area contributed by atoms with Crippen molar-refractivity contribution in [3.63, 3.8) is 0 Å². The Balaban J connectivity index is 1.93. The topological polar surface area (TPSA) is 59.3 Å². The summed E-state index contributed by atoms with van der Waals surface area (Å²) in [5, 5.41) is 8.97. The molecule has 0 aliphatic carbocycles. The van der Waals surface area contributed by atoms with E-state index in [4.69, 9.17) is 14.7 Å². The highest BCUT2D eigenvalue weighted by molar-refractivity contribution is 5.81. The Kier molecular flexibility index (Phi) is 5.96. The van der Waals surface area contributed by atoms with Gasteiger partial charge in [-0.25, -0.2) is 4.79 Å². The van der Waals surface area contributed by atoms with Crippen LogP contribution in [0.4, 0.5) is 0 Å². The van der Waals surface area contributed by atoms with E-state index >= 15 is 0 Å². The van der Waals surface area contributed by atoms with Crippen LogP contribution >= 0.6 is 0 Å². The number of rotatable bonds is 7. The standard InChI is InChI=1S/C19H17NO3/c1-2-19(21)23-11-5-10-22-18-9-4-8-17(13-18)16-7-3-6-15(12-16)14-20/h2-4,6-9,12-13H,1,5,10-11H2. The lowest BCUT2D eigenvalue weighted by Gasteiger charge is -2.08. The fraction of sp³-hybridized carbons (Fsp3) is 0.158. The first-order valence-corrected chi connectivity index (χ1v) is 7.25. The lowest BCUT2D eigenvalue weighted by molar-refractivity contribution is -0.137. The SMILES string of the molecule is C=CC(=O)OCCCOc1cccc(-c2cccc(C#N)c2)c1. The molecule has 0 atom stereocenters. The van der Waals surface area contributed by atoms with Crippen molar-refractivity contribution in [3.8, 4) is 22.9 Å². The third-order valence-electron chi connectivity index (χ3n) is 3.13. The number of nitrogens with zero attached hydrogens (tertiary/aromatic N) is 1. The van der Waals surface area contributed by atoms with Gasteiger partial charge in [0.15, 0.2) is 0 Å². The van der Waals surface area contributed by atoms with Gasteiger partial charge in [-0.05, 0) is 35.4 Å². The quantitative estimate of drug-likeness (QED) is 0.444. The fourth-order valence-corrected chi connectivity index (χ4v) is 2.01. The molecule has 0 aliphatic rings. The number of carbonyl (C=O) groups is 1. The van der Waals surface area contributed by atoms with Gasteiger partial charge in [0.25, 0.3) is 0 Å². The summed E-state index contributed by atoms with van der Waals surface area (Å²) in [5.74, 6) is 0.310. The fourth-order valence-electron chi connectivity index (χ4n) is 2.01. The molecule has 0 saturated carbocycles.